The van der Waals surface area contributed by atoms with Crippen LogP contribution in [0.2, 0.25) is 5.02 Å². The van der Waals surface area contributed by atoms with Crippen LogP contribution in [-0.4, -0.2) is 29.6 Å². The number of carbonyl (C=O) groups is 2. The highest BCUT2D eigenvalue weighted by Crippen LogP contribution is 2.14. The van der Waals surface area contributed by atoms with E-state index in [4.69, 9.17) is 22.0 Å². The number of carbonyl (C=O) groups excluding carboxylic acids is 1. The summed E-state index contributed by atoms with van der Waals surface area (Å²) in [5.41, 5.74) is 0.782. The number of hydrogen-bond donors (Lipinski definition) is 3. The number of nitrogens with one attached hydrogen (secondary N) is 2. The van der Waals surface area contributed by atoms with Gasteiger partial charge in [-0.25, -0.2) is 4.79 Å². The first-order valence-electron chi connectivity index (χ1n) is 7.95. The second-order valence-corrected chi connectivity index (χ2v) is 6.37. The van der Waals surface area contributed by atoms with Crippen molar-refractivity contribution < 1.29 is 14.7 Å². The van der Waals surface area contributed by atoms with Gasteiger partial charge >= 0.3 is 5.97 Å². The van der Waals surface area contributed by atoms with Crippen LogP contribution in [0, 0.1) is 17.2 Å². The Morgan fingerprint density at radius 3 is 2.60 bits per heavy atom. The zero-order chi connectivity index (χ0) is 18.8. The van der Waals surface area contributed by atoms with Gasteiger partial charge in [0.25, 0.3) is 5.91 Å². The van der Waals surface area contributed by atoms with Crippen molar-refractivity contribution in [3.05, 3.63) is 46.6 Å². The summed E-state index contributed by atoms with van der Waals surface area (Å²) >= 11 is 6.06. The van der Waals surface area contributed by atoms with Crippen LogP contribution in [0.4, 0.5) is 0 Å². The Bertz CT molecular complexity index is 680. The molecule has 0 saturated carbocycles. The summed E-state index contributed by atoms with van der Waals surface area (Å²) in [6, 6.07) is 8.17. The SMILES string of the molecule is CC(C)CC(NC(=O)/C(C#N)=C\NCCc1ccccc1Cl)C(=O)O. The molecule has 0 spiro atoms. The maximum atomic E-state index is 12.1. The summed E-state index contributed by atoms with van der Waals surface area (Å²) in [6.45, 7) is 4.20. The van der Waals surface area contributed by atoms with Crippen molar-refractivity contribution in [2.24, 2.45) is 5.92 Å². The summed E-state index contributed by atoms with van der Waals surface area (Å²) in [7, 11) is 0. The molecule has 1 aromatic rings. The average Bonchev–Trinajstić information content (AvgIpc) is 2.55. The fourth-order valence-electron chi connectivity index (χ4n) is 2.16. The standard InChI is InChI=1S/C18H22ClN3O3/c1-12(2)9-16(18(24)25)22-17(23)14(10-20)11-21-8-7-13-5-3-4-6-15(13)19/h3-6,11-12,16,21H,7-9H2,1-2H3,(H,22,23)(H,24,25)/b14-11-. The van der Waals surface area contributed by atoms with Crippen LogP contribution in [0.3, 0.4) is 0 Å². The van der Waals surface area contributed by atoms with E-state index in [0.717, 1.165) is 5.56 Å². The lowest BCUT2D eigenvalue weighted by atomic mass is 10.0. The molecule has 1 rings (SSSR count). The summed E-state index contributed by atoms with van der Waals surface area (Å²) < 4.78 is 0. The number of nitriles is 1. The zero-order valence-electron chi connectivity index (χ0n) is 14.3. The molecule has 25 heavy (non-hydrogen) atoms. The highest BCUT2D eigenvalue weighted by molar-refractivity contribution is 6.31. The second-order valence-electron chi connectivity index (χ2n) is 5.96. The van der Waals surface area contributed by atoms with Crippen LogP contribution in [0.15, 0.2) is 36.0 Å². The summed E-state index contributed by atoms with van der Waals surface area (Å²) in [4.78, 5) is 23.2. The van der Waals surface area contributed by atoms with E-state index in [0.29, 0.717) is 24.4 Å². The van der Waals surface area contributed by atoms with Crippen molar-refractivity contribution in [3.8, 4) is 6.07 Å². The molecule has 0 aliphatic heterocycles. The van der Waals surface area contributed by atoms with E-state index in [9.17, 15) is 9.59 Å². The van der Waals surface area contributed by atoms with Gasteiger partial charge in [0, 0.05) is 17.8 Å². The monoisotopic (exact) mass is 363 g/mol. The Morgan fingerprint density at radius 2 is 2.04 bits per heavy atom. The molecule has 134 valence electrons. The third-order valence-electron chi connectivity index (χ3n) is 3.42. The van der Waals surface area contributed by atoms with Gasteiger partial charge in [-0.05, 0) is 30.4 Å². The van der Waals surface area contributed by atoms with Crippen LogP contribution >= 0.6 is 11.6 Å². The minimum Gasteiger partial charge on any atom is -0.480 e. The number of aliphatic carboxylic acids is 1. The highest BCUT2D eigenvalue weighted by atomic mass is 35.5. The van der Waals surface area contributed by atoms with E-state index in [1.165, 1.54) is 6.20 Å². The number of carboxylic acids is 1. The normalized spacial score (nSPS) is 12.4. The molecule has 0 bridgehead atoms. The molecule has 0 fully saturated rings. The molecular weight excluding hydrogens is 342 g/mol. The Kier molecular flexibility index (Phi) is 8.51. The quantitative estimate of drug-likeness (QED) is 0.355. The molecule has 0 saturated heterocycles. The minimum atomic E-state index is -1.12. The summed E-state index contributed by atoms with van der Waals surface area (Å²) in [5.74, 6) is -1.73. The molecule has 6 nitrogen and oxygen atoms in total. The Hall–Kier alpha value is -2.52. The van der Waals surface area contributed by atoms with Gasteiger partial charge in [0.1, 0.15) is 17.7 Å². The van der Waals surface area contributed by atoms with Gasteiger partial charge in [0.15, 0.2) is 0 Å². The van der Waals surface area contributed by atoms with E-state index in [1.54, 1.807) is 12.1 Å². The lowest BCUT2D eigenvalue weighted by molar-refractivity contribution is -0.141. The highest BCUT2D eigenvalue weighted by Gasteiger charge is 2.22. The van der Waals surface area contributed by atoms with E-state index in [2.05, 4.69) is 10.6 Å². The van der Waals surface area contributed by atoms with Gasteiger partial charge in [-0.2, -0.15) is 5.26 Å². The van der Waals surface area contributed by atoms with Crippen LogP contribution in [-0.2, 0) is 16.0 Å². The lowest BCUT2D eigenvalue weighted by Gasteiger charge is -2.16. The molecule has 1 aromatic carbocycles. The first-order valence-corrected chi connectivity index (χ1v) is 8.33. The van der Waals surface area contributed by atoms with E-state index in [-0.39, 0.29) is 11.5 Å². The maximum absolute atomic E-state index is 12.1. The van der Waals surface area contributed by atoms with Gasteiger partial charge in [-0.1, -0.05) is 43.6 Å². The van der Waals surface area contributed by atoms with Crippen molar-refractivity contribution in [1.82, 2.24) is 10.6 Å². The van der Waals surface area contributed by atoms with Gasteiger partial charge in [0.2, 0.25) is 0 Å². The van der Waals surface area contributed by atoms with Gasteiger partial charge in [0.05, 0.1) is 0 Å². The second kappa shape index (κ2) is 10.4. The number of halogens is 1. The fraction of sp³-hybridized carbons (Fsp3) is 0.389. The molecular formula is C18H22ClN3O3. The predicted octanol–water partition coefficient (Wildman–Crippen LogP) is 2.50. The molecule has 1 amide bonds. The van der Waals surface area contributed by atoms with Crippen LogP contribution in [0.25, 0.3) is 0 Å². The molecule has 0 aromatic heterocycles. The first-order chi connectivity index (χ1) is 11.8. The van der Waals surface area contributed by atoms with E-state index < -0.39 is 17.9 Å². The minimum absolute atomic E-state index is 0.102. The van der Waals surface area contributed by atoms with E-state index >= 15 is 0 Å². The largest absolute Gasteiger partial charge is 0.480 e. The first kappa shape index (κ1) is 20.5. The lowest BCUT2D eigenvalue weighted by Crippen LogP contribution is -2.42. The van der Waals surface area contributed by atoms with Crippen LogP contribution in [0.1, 0.15) is 25.8 Å². The van der Waals surface area contributed by atoms with E-state index in [1.807, 2.05) is 32.0 Å². The predicted molar refractivity (Wildman–Crippen MR) is 95.9 cm³/mol. The van der Waals surface area contributed by atoms with Crippen LogP contribution < -0.4 is 10.6 Å². The summed E-state index contributed by atoms with van der Waals surface area (Å²) in [5, 5.41) is 24.2. The molecule has 0 aliphatic carbocycles. The van der Waals surface area contributed by atoms with Crippen molar-refractivity contribution in [1.29, 1.82) is 5.26 Å². The molecule has 0 heterocycles. The van der Waals surface area contributed by atoms with Crippen molar-refractivity contribution >= 4 is 23.5 Å². The average molecular weight is 364 g/mol. The number of rotatable bonds is 9. The van der Waals surface area contributed by atoms with Gasteiger partial charge in [-0.3, -0.25) is 4.79 Å². The van der Waals surface area contributed by atoms with Crippen LogP contribution in [0.5, 0.6) is 0 Å². The molecule has 7 heteroatoms. The third-order valence-corrected chi connectivity index (χ3v) is 3.79. The Morgan fingerprint density at radius 1 is 1.36 bits per heavy atom. The van der Waals surface area contributed by atoms with Crippen molar-refractivity contribution in [2.45, 2.75) is 32.7 Å². The molecule has 0 aliphatic rings. The Balaban J connectivity index is 2.60. The molecule has 3 N–H and O–H groups in total. The van der Waals surface area contributed by atoms with Crippen molar-refractivity contribution in [3.63, 3.8) is 0 Å². The number of benzene rings is 1. The smallest absolute Gasteiger partial charge is 0.326 e. The van der Waals surface area contributed by atoms with Gasteiger partial charge in [-0.15, -0.1) is 0 Å². The fourth-order valence-corrected chi connectivity index (χ4v) is 2.39. The molecule has 0 radical (unpaired) electrons. The van der Waals surface area contributed by atoms with Crippen molar-refractivity contribution in [2.75, 3.05) is 6.54 Å². The number of hydrogen-bond acceptors (Lipinski definition) is 4. The Labute approximate surface area is 152 Å². The number of nitrogens with zero attached hydrogens (tertiary/aromatic N) is 1. The molecule has 1 atom stereocenters. The third kappa shape index (κ3) is 7.27. The number of carboxylic acid groups (broad SMARTS) is 1. The maximum Gasteiger partial charge on any atom is 0.326 e. The number of amides is 1. The van der Waals surface area contributed by atoms with Gasteiger partial charge < -0.3 is 15.7 Å². The topological polar surface area (TPSA) is 102 Å². The molecule has 1 unspecified atom stereocenters. The summed E-state index contributed by atoms with van der Waals surface area (Å²) in [6.07, 6.45) is 2.21. The zero-order valence-corrected chi connectivity index (χ0v) is 15.0.